The normalized spacial score (nSPS) is 27.9. The fraction of sp³-hybridized carbons (Fsp3) is 0.500. The molecule has 6 unspecified atom stereocenters. The van der Waals surface area contributed by atoms with Crippen LogP contribution in [0.3, 0.4) is 0 Å². The van der Waals surface area contributed by atoms with E-state index in [4.69, 9.17) is 16.2 Å². The second-order valence-corrected chi connectivity index (χ2v) is 10.5. The molecule has 1 saturated heterocycles. The number of aromatic amines is 1. The van der Waals surface area contributed by atoms with Crippen molar-refractivity contribution >= 4 is 40.6 Å². The molecule has 2 aromatic rings. The Morgan fingerprint density at radius 1 is 1.22 bits per heavy atom. The number of imidazole rings is 1. The van der Waals surface area contributed by atoms with Crippen LogP contribution < -0.4 is 36.6 Å². The molecule has 0 bridgehead atoms. The molecular weight excluding hydrogens is 505 g/mol. The Morgan fingerprint density at radius 3 is 2.50 bits per heavy atom. The molecule has 0 saturated carbocycles. The highest BCUT2D eigenvalue weighted by Gasteiger charge is 2.44. The Kier molecular flexibility index (Phi) is 6.78. The summed E-state index contributed by atoms with van der Waals surface area (Å²) >= 11 is 0. The predicted octanol–water partition coefficient (Wildman–Crippen LogP) is -4.90. The van der Waals surface area contributed by atoms with E-state index in [1.807, 2.05) is 0 Å². The van der Waals surface area contributed by atoms with Crippen LogP contribution in [0, 0.1) is 0 Å². The number of H-pyrrole nitrogens is 1. The highest BCUT2D eigenvalue weighted by atomic mass is 31.3. The van der Waals surface area contributed by atoms with Crippen molar-refractivity contribution in [3.05, 3.63) is 16.7 Å². The van der Waals surface area contributed by atoms with Crippen molar-refractivity contribution in [2.24, 2.45) is 5.73 Å². The SMILES string of the molecule is Nc1nc2c(ncn2C2OC(COP(=O)([O-])OP(=O)([O-])OP(=O)([O-])[O-])C(O)C2N)c(=O)[nH]1. The number of hydrogen-bond donors (Lipinski definition) is 4. The summed E-state index contributed by atoms with van der Waals surface area (Å²) < 4.78 is 50.4. The van der Waals surface area contributed by atoms with Crippen LogP contribution in [0.5, 0.6) is 0 Å². The molecule has 32 heavy (non-hydrogen) atoms. The molecule has 22 heteroatoms. The van der Waals surface area contributed by atoms with Crippen LogP contribution in [0.25, 0.3) is 11.2 Å². The topological polar surface area (TPSA) is 316 Å². The number of ether oxygens (including phenoxy) is 1. The van der Waals surface area contributed by atoms with Gasteiger partial charge in [0.25, 0.3) is 21.2 Å². The monoisotopic (exact) mass is 518 g/mol. The molecule has 1 aliphatic rings. The molecule has 1 aliphatic heterocycles. The summed E-state index contributed by atoms with van der Waals surface area (Å²) in [6.45, 7) is -1.05. The van der Waals surface area contributed by atoms with Gasteiger partial charge in [0, 0.05) is 0 Å². The second-order valence-electron chi connectivity index (χ2n) is 6.21. The minimum absolute atomic E-state index is 0.0672. The third-order valence-corrected chi connectivity index (χ3v) is 7.61. The number of aliphatic hydroxyl groups is 1. The summed E-state index contributed by atoms with van der Waals surface area (Å²) in [6.07, 6.45) is -3.22. The number of nitrogens with zero attached hydrogens (tertiary/aromatic N) is 3. The first kappa shape index (κ1) is 25.1. The zero-order chi connectivity index (χ0) is 24.1. The number of nitrogens with one attached hydrogen (secondary N) is 1. The summed E-state index contributed by atoms with van der Waals surface area (Å²) in [6, 6.07) is -1.24. The van der Waals surface area contributed by atoms with E-state index in [1.54, 1.807) is 0 Å². The van der Waals surface area contributed by atoms with Gasteiger partial charge in [-0.3, -0.25) is 27.8 Å². The first-order valence-electron chi connectivity index (χ1n) is 8.11. The van der Waals surface area contributed by atoms with Gasteiger partial charge in [-0.2, -0.15) is 4.98 Å². The smallest absolute Gasteiger partial charge is 0.280 e. The number of nitrogens with two attached hydrogens (primary N) is 2. The van der Waals surface area contributed by atoms with Crippen LogP contribution in [0.4, 0.5) is 5.95 Å². The lowest BCUT2D eigenvalue weighted by Crippen LogP contribution is -2.40. The van der Waals surface area contributed by atoms with E-state index >= 15 is 0 Å². The zero-order valence-corrected chi connectivity index (χ0v) is 18.0. The Morgan fingerprint density at radius 2 is 1.88 bits per heavy atom. The number of aliphatic hydroxyl groups excluding tert-OH is 1. The van der Waals surface area contributed by atoms with Crippen molar-refractivity contribution in [2.45, 2.75) is 24.5 Å². The van der Waals surface area contributed by atoms with Gasteiger partial charge in [-0.1, -0.05) is 0 Å². The molecule has 0 spiro atoms. The quantitative estimate of drug-likeness (QED) is 0.238. The van der Waals surface area contributed by atoms with Gasteiger partial charge >= 0.3 is 0 Å². The fourth-order valence-corrected chi connectivity index (χ4v) is 5.60. The second kappa shape index (κ2) is 8.66. The van der Waals surface area contributed by atoms with E-state index in [-0.39, 0.29) is 17.1 Å². The van der Waals surface area contributed by atoms with E-state index < -0.39 is 60.1 Å². The third kappa shape index (κ3) is 5.67. The average molecular weight is 518 g/mol. The Labute approximate surface area is 176 Å². The van der Waals surface area contributed by atoms with E-state index in [9.17, 15) is 43.2 Å². The lowest BCUT2D eigenvalue weighted by molar-refractivity contribution is -0.339. The first-order valence-corrected chi connectivity index (χ1v) is 12.5. The summed E-state index contributed by atoms with van der Waals surface area (Å²) in [7, 11) is -18.1. The Hall–Kier alpha value is -1.56. The van der Waals surface area contributed by atoms with Crippen LogP contribution in [0.15, 0.2) is 11.1 Å². The van der Waals surface area contributed by atoms with E-state index in [0.717, 1.165) is 10.9 Å². The molecule has 1 fully saturated rings. The summed E-state index contributed by atoms with van der Waals surface area (Å²) in [5.41, 5.74) is 10.5. The lowest BCUT2D eigenvalue weighted by Gasteiger charge is -2.37. The number of nitrogen functional groups attached to an aromatic ring is 1. The van der Waals surface area contributed by atoms with Gasteiger partial charge in [0.2, 0.25) is 5.95 Å². The average Bonchev–Trinajstić information content (AvgIpc) is 3.12. The molecule has 180 valence electrons. The van der Waals surface area contributed by atoms with E-state index in [0.29, 0.717) is 0 Å². The van der Waals surface area contributed by atoms with Crippen molar-refractivity contribution in [2.75, 3.05) is 12.3 Å². The highest BCUT2D eigenvalue weighted by molar-refractivity contribution is 7.64. The summed E-state index contributed by atoms with van der Waals surface area (Å²) in [4.78, 5) is 65.2. The molecule has 0 amide bonds. The molecule has 0 radical (unpaired) electrons. The minimum atomic E-state index is -6.14. The maximum atomic E-state index is 11.9. The van der Waals surface area contributed by atoms with Gasteiger partial charge in [0.1, 0.15) is 12.2 Å². The zero-order valence-electron chi connectivity index (χ0n) is 15.3. The van der Waals surface area contributed by atoms with E-state index in [1.165, 1.54) is 0 Å². The number of phosphoric ester groups is 1. The third-order valence-electron chi connectivity index (χ3n) is 3.94. The van der Waals surface area contributed by atoms with Crippen LogP contribution in [0.1, 0.15) is 6.23 Å². The maximum Gasteiger partial charge on any atom is 0.280 e. The fourth-order valence-electron chi connectivity index (χ4n) is 2.73. The van der Waals surface area contributed by atoms with Crippen molar-refractivity contribution in [3.63, 3.8) is 0 Å². The first-order chi connectivity index (χ1) is 14.6. The van der Waals surface area contributed by atoms with E-state index in [2.05, 4.69) is 28.1 Å². The molecular formula is C10H13N6O13P3-4. The van der Waals surface area contributed by atoms with Crippen LogP contribution in [-0.4, -0.2) is 49.5 Å². The number of hydrogen-bond acceptors (Lipinski definition) is 17. The van der Waals surface area contributed by atoms with Gasteiger partial charge in [-0.25, -0.2) is 9.29 Å². The van der Waals surface area contributed by atoms with Crippen LogP contribution in [0.2, 0.25) is 0 Å². The Bertz CT molecular complexity index is 1210. The number of aromatic nitrogens is 4. The van der Waals surface area contributed by atoms with Crippen molar-refractivity contribution in [1.82, 2.24) is 19.5 Å². The van der Waals surface area contributed by atoms with Crippen LogP contribution in [-0.2, 0) is 31.6 Å². The number of anilines is 1. The molecule has 19 nitrogen and oxygen atoms in total. The molecule has 0 aliphatic carbocycles. The molecule has 0 aromatic carbocycles. The summed E-state index contributed by atoms with van der Waals surface area (Å²) in [5.74, 6) is -0.259. The number of phosphoric acid groups is 3. The Balaban J connectivity index is 1.72. The number of rotatable bonds is 8. The molecule has 6 N–H and O–H groups in total. The highest BCUT2D eigenvalue weighted by Crippen LogP contribution is 2.60. The van der Waals surface area contributed by atoms with Crippen molar-refractivity contribution in [1.29, 1.82) is 0 Å². The standard InChI is InChI=1S/C10H17N6O13P3/c11-4-6(17)3(1-26-31(22,23)29-32(24,25)28-30(19,20)21)27-9(4)16-2-13-5-7(16)14-10(12)15-8(5)18/h2-4,6,9,17H,1,11H2,(H,22,23)(H,24,25)(H2,19,20,21)(H3,12,14,15,18)/p-4. The largest absolute Gasteiger partial charge is 0.790 e. The maximum absolute atomic E-state index is 11.9. The van der Waals surface area contributed by atoms with Crippen molar-refractivity contribution in [3.8, 4) is 0 Å². The molecule has 2 aromatic heterocycles. The van der Waals surface area contributed by atoms with Gasteiger partial charge in [0.05, 0.1) is 26.8 Å². The minimum Gasteiger partial charge on any atom is -0.790 e. The van der Waals surface area contributed by atoms with Gasteiger partial charge in [0.15, 0.2) is 17.4 Å². The lowest BCUT2D eigenvalue weighted by atomic mass is 10.1. The molecule has 6 atom stereocenters. The van der Waals surface area contributed by atoms with Gasteiger partial charge in [-0.05, 0) is 0 Å². The molecule has 3 heterocycles. The van der Waals surface area contributed by atoms with Crippen LogP contribution >= 0.6 is 23.5 Å². The summed E-state index contributed by atoms with van der Waals surface area (Å²) in [5, 5.41) is 10.2. The van der Waals surface area contributed by atoms with Gasteiger partial charge < -0.3 is 50.0 Å². The predicted molar refractivity (Wildman–Crippen MR) is 91.4 cm³/mol. The van der Waals surface area contributed by atoms with Gasteiger partial charge in [-0.15, -0.1) is 0 Å². The molecule has 3 rings (SSSR count). The van der Waals surface area contributed by atoms with Crippen molar-refractivity contribution < 1.29 is 56.3 Å². The number of fused-ring (bicyclic) bond motifs is 1.